The number of halogens is 3. The molecule has 3 heterocycles. The maximum absolute atomic E-state index is 13.6. The Bertz CT molecular complexity index is 929. The average Bonchev–Trinajstić information content (AvgIpc) is 2.89. The topological polar surface area (TPSA) is 81.4 Å². The summed E-state index contributed by atoms with van der Waals surface area (Å²) in [4.78, 5) is 19.5. The van der Waals surface area contributed by atoms with Crippen LogP contribution in [0.4, 0.5) is 13.2 Å². The van der Waals surface area contributed by atoms with Gasteiger partial charge in [0.2, 0.25) is 0 Å². The standard InChI is InChI=1S/C15H12F3N5O2/c1-8-10(12-2-3-19-7-23(12)22-8)6-20-13(24)9-4-11(16)14(21-5-9)25-15(17)18/h2-5,7,15H,6H2,1H3,(H,20,24). The van der Waals surface area contributed by atoms with E-state index in [0.717, 1.165) is 23.3 Å². The van der Waals surface area contributed by atoms with Gasteiger partial charge in [-0.25, -0.2) is 18.9 Å². The van der Waals surface area contributed by atoms with Crippen LogP contribution in [0, 0.1) is 12.7 Å². The highest BCUT2D eigenvalue weighted by molar-refractivity contribution is 5.94. The van der Waals surface area contributed by atoms with Crippen molar-refractivity contribution >= 4 is 11.4 Å². The molecule has 0 fully saturated rings. The van der Waals surface area contributed by atoms with Gasteiger partial charge in [0.15, 0.2) is 5.82 Å². The number of hydrogen-bond donors (Lipinski definition) is 1. The lowest BCUT2D eigenvalue weighted by Crippen LogP contribution is -2.23. The molecule has 1 N–H and O–H groups in total. The number of nitrogens with one attached hydrogen (secondary N) is 1. The number of aromatic nitrogens is 4. The number of fused-ring (bicyclic) bond motifs is 1. The molecule has 0 bridgehead atoms. The van der Waals surface area contributed by atoms with Crippen molar-refractivity contribution in [1.29, 1.82) is 0 Å². The van der Waals surface area contributed by atoms with Gasteiger partial charge in [0, 0.05) is 24.5 Å². The van der Waals surface area contributed by atoms with Crippen LogP contribution < -0.4 is 10.1 Å². The predicted octanol–water partition coefficient (Wildman–Crippen LogP) is 2.10. The first-order valence-corrected chi connectivity index (χ1v) is 7.12. The molecule has 0 aliphatic heterocycles. The first kappa shape index (κ1) is 16.7. The number of hydrogen-bond acceptors (Lipinski definition) is 5. The van der Waals surface area contributed by atoms with Gasteiger partial charge in [-0.2, -0.15) is 13.9 Å². The molecule has 0 atom stereocenters. The fourth-order valence-electron chi connectivity index (χ4n) is 2.29. The minimum atomic E-state index is -3.20. The Labute approximate surface area is 139 Å². The molecular weight excluding hydrogens is 339 g/mol. The highest BCUT2D eigenvalue weighted by Gasteiger charge is 2.16. The normalized spacial score (nSPS) is 11.1. The van der Waals surface area contributed by atoms with E-state index in [1.807, 2.05) is 0 Å². The van der Waals surface area contributed by atoms with E-state index in [4.69, 9.17) is 0 Å². The van der Waals surface area contributed by atoms with Crippen LogP contribution in [0.1, 0.15) is 21.6 Å². The summed E-state index contributed by atoms with van der Waals surface area (Å²) in [5, 5.41) is 6.87. The van der Waals surface area contributed by atoms with Crippen molar-refractivity contribution in [2.24, 2.45) is 0 Å². The lowest BCUT2D eigenvalue weighted by atomic mass is 10.2. The van der Waals surface area contributed by atoms with Crippen molar-refractivity contribution in [1.82, 2.24) is 24.9 Å². The molecule has 0 radical (unpaired) electrons. The second kappa shape index (κ2) is 6.75. The molecule has 10 heteroatoms. The summed E-state index contributed by atoms with van der Waals surface area (Å²) in [6.07, 6.45) is 4.10. The lowest BCUT2D eigenvalue weighted by molar-refractivity contribution is -0.0553. The number of ether oxygens (including phenoxy) is 1. The molecule has 0 aromatic carbocycles. The van der Waals surface area contributed by atoms with E-state index in [1.54, 1.807) is 23.7 Å². The van der Waals surface area contributed by atoms with Crippen LogP contribution in [0.25, 0.3) is 5.52 Å². The number of rotatable bonds is 5. The lowest BCUT2D eigenvalue weighted by Gasteiger charge is -2.07. The van der Waals surface area contributed by atoms with E-state index in [9.17, 15) is 18.0 Å². The average molecular weight is 351 g/mol. The number of aryl methyl sites for hydroxylation is 1. The zero-order valence-electron chi connectivity index (χ0n) is 12.9. The zero-order chi connectivity index (χ0) is 18.0. The third kappa shape index (κ3) is 3.52. The zero-order valence-corrected chi connectivity index (χ0v) is 12.9. The molecule has 0 spiro atoms. The number of alkyl halides is 2. The Morgan fingerprint density at radius 3 is 2.96 bits per heavy atom. The molecule has 0 aliphatic carbocycles. The van der Waals surface area contributed by atoms with Crippen molar-refractivity contribution in [3.05, 3.63) is 53.5 Å². The Hall–Kier alpha value is -3.17. The summed E-state index contributed by atoms with van der Waals surface area (Å²) in [7, 11) is 0. The summed E-state index contributed by atoms with van der Waals surface area (Å²) >= 11 is 0. The number of carbonyl (C=O) groups is 1. The molecule has 3 rings (SSSR count). The van der Waals surface area contributed by atoms with Crippen LogP contribution in [-0.2, 0) is 6.54 Å². The highest BCUT2D eigenvalue weighted by atomic mass is 19.3. The smallest absolute Gasteiger partial charge is 0.388 e. The van der Waals surface area contributed by atoms with E-state index in [-0.39, 0.29) is 12.1 Å². The number of carbonyl (C=O) groups excluding carboxylic acids is 1. The quantitative estimate of drug-likeness (QED) is 0.761. The fraction of sp³-hybridized carbons (Fsp3) is 0.200. The van der Waals surface area contributed by atoms with Crippen LogP contribution in [0.2, 0.25) is 0 Å². The largest absolute Gasteiger partial charge is 0.414 e. The van der Waals surface area contributed by atoms with Crippen LogP contribution in [0.15, 0.2) is 30.9 Å². The molecule has 0 unspecified atom stereocenters. The number of nitrogens with zero attached hydrogens (tertiary/aromatic N) is 4. The maximum atomic E-state index is 13.6. The first-order chi connectivity index (χ1) is 12.0. The third-order valence-electron chi connectivity index (χ3n) is 3.44. The molecule has 25 heavy (non-hydrogen) atoms. The summed E-state index contributed by atoms with van der Waals surface area (Å²) < 4.78 is 43.3. The van der Waals surface area contributed by atoms with E-state index in [2.05, 4.69) is 25.1 Å². The Kier molecular flexibility index (Phi) is 4.50. The van der Waals surface area contributed by atoms with E-state index in [1.165, 1.54) is 6.33 Å². The first-order valence-electron chi connectivity index (χ1n) is 7.12. The summed E-state index contributed by atoms with van der Waals surface area (Å²) in [5.74, 6) is -2.62. The molecule has 130 valence electrons. The maximum Gasteiger partial charge on any atom is 0.388 e. The van der Waals surface area contributed by atoms with Gasteiger partial charge in [-0.15, -0.1) is 0 Å². The van der Waals surface area contributed by atoms with Gasteiger partial charge in [0.1, 0.15) is 6.33 Å². The van der Waals surface area contributed by atoms with Gasteiger partial charge in [-0.3, -0.25) is 4.79 Å². The van der Waals surface area contributed by atoms with Crippen molar-refractivity contribution in [2.45, 2.75) is 20.1 Å². The van der Waals surface area contributed by atoms with Gasteiger partial charge in [-0.05, 0) is 19.1 Å². The van der Waals surface area contributed by atoms with Gasteiger partial charge in [-0.1, -0.05) is 0 Å². The van der Waals surface area contributed by atoms with E-state index >= 15 is 0 Å². The van der Waals surface area contributed by atoms with Crippen LogP contribution in [-0.4, -0.2) is 32.1 Å². The SMILES string of the molecule is Cc1nn2cnccc2c1CNC(=O)c1cnc(OC(F)F)c(F)c1. The monoisotopic (exact) mass is 351 g/mol. The van der Waals surface area contributed by atoms with Gasteiger partial charge >= 0.3 is 6.61 Å². The van der Waals surface area contributed by atoms with Crippen molar-refractivity contribution in [2.75, 3.05) is 0 Å². The molecular formula is C15H12F3N5O2. The van der Waals surface area contributed by atoms with E-state index in [0.29, 0.717) is 5.69 Å². The molecule has 1 amide bonds. The summed E-state index contributed by atoms with van der Waals surface area (Å²) in [6, 6.07) is 2.53. The second-order valence-corrected chi connectivity index (χ2v) is 5.05. The third-order valence-corrected chi connectivity index (χ3v) is 3.44. The highest BCUT2D eigenvalue weighted by Crippen LogP contribution is 2.18. The number of amides is 1. The minimum Gasteiger partial charge on any atom is -0.414 e. The molecule has 0 saturated carbocycles. The van der Waals surface area contributed by atoms with Gasteiger partial charge in [0.25, 0.3) is 11.8 Å². The molecule has 0 saturated heterocycles. The summed E-state index contributed by atoms with van der Waals surface area (Å²) in [5.41, 5.74) is 2.15. The van der Waals surface area contributed by atoms with Crippen LogP contribution in [0.3, 0.4) is 0 Å². The van der Waals surface area contributed by atoms with Crippen LogP contribution in [0.5, 0.6) is 5.88 Å². The number of pyridine rings is 1. The van der Waals surface area contributed by atoms with Crippen molar-refractivity contribution < 1.29 is 22.7 Å². The van der Waals surface area contributed by atoms with Crippen molar-refractivity contribution in [3.8, 4) is 5.88 Å². The van der Waals surface area contributed by atoms with E-state index < -0.39 is 24.2 Å². The fourth-order valence-corrected chi connectivity index (χ4v) is 2.29. The van der Waals surface area contributed by atoms with Gasteiger partial charge in [0.05, 0.1) is 16.8 Å². The van der Waals surface area contributed by atoms with Crippen LogP contribution >= 0.6 is 0 Å². The van der Waals surface area contributed by atoms with Gasteiger partial charge < -0.3 is 10.1 Å². The summed E-state index contributed by atoms with van der Waals surface area (Å²) in [6.45, 7) is -1.27. The second-order valence-electron chi connectivity index (χ2n) is 5.05. The molecule has 3 aromatic rings. The Balaban J connectivity index is 1.74. The Morgan fingerprint density at radius 2 is 2.24 bits per heavy atom. The Morgan fingerprint density at radius 1 is 1.44 bits per heavy atom. The molecule has 0 aliphatic rings. The molecule has 7 nitrogen and oxygen atoms in total. The minimum absolute atomic E-state index is 0.116. The predicted molar refractivity (Wildman–Crippen MR) is 79.7 cm³/mol. The van der Waals surface area contributed by atoms with Crippen molar-refractivity contribution in [3.63, 3.8) is 0 Å². The molecule has 3 aromatic heterocycles.